The maximum Gasteiger partial charge on any atom is 0.309 e. The molecule has 0 atom stereocenters. The molecule has 0 aliphatic carbocycles. The standard InChI is InChI=1S/C8H12NO/c1-3-5-8(6-4-2)9-7-10/h3-4,8H,1-2,5-6H2,(H,9,10). The van der Waals surface area contributed by atoms with Crippen molar-refractivity contribution in [1.29, 1.82) is 0 Å². The molecular weight excluding hydrogens is 126 g/mol. The third kappa shape index (κ3) is 3.89. The summed E-state index contributed by atoms with van der Waals surface area (Å²) >= 11 is 0. The van der Waals surface area contributed by atoms with E-state index >= 15 is 0 Å². The Morgan fingerprint density at radius 1 is 1.40 bits per heavy atom. The third-order valence-electron chi connectivity index (χ3n) is 1.17. The van der Waals surface area contributed by atoms with E-state index in [4.69, 9.17) is 0 Å². The van der Waals surface area contributed by atoms with Gasteiger partial charge in [0.1, 0.15) is 0 Å². The lowest BCUT2D eigenvalue weighted by Crippen LogP contribution is -2.26. The SMILES string of the molecule is C=CCC(CC=C)N[C]=O. The first kappa shape index (κ1) is 8.95. The number of nitrogens with one attached hydrogen (secondary N) is 1. The highest BCUT2D eigenvalue weighted by Crippen LogP contribution is 1.97. The highest BCUT2D eigenvalue weighted by Gasteiger charge is 2.00. The van der Waals surface area contributed by atoms with Gasteiger partial charge < -0.3 is 5.32 Å². The van der Waals surface area contributed by atoms with E-state index in [9.17, 15) is 4.79 Å². The van der Waals surface area contributed by atoms with Crippen LogP contribution >= 0.6 is 0 Å². The number of hydrogen-bond donors (Lipinski definition) is 1. The van der Waals surface area contributed by atoms with Gasteiger partial charge in [-0.25, -0.2) is 0 Å². The molecule has 2 heteroatoms. The number of carbonyl (C=O) groups excluding carboxylic acids is 1. The number of hydrogen-bond acceptors (Lipinski definition) is 1. The minimum absolute atomic E-state index is 0.118. The van der Waals surface area contributed by atoms with Crippen molar-refractivity contribution >= 4 is 6.41 Å². The summed E-state index contributed by atoms with van der Waals surface area (Å²) < 4.78 is 0. The molecule has 0 aliphatic rings. The zero-order valence-electron chi connectivity index (χ0n) is 5.97. The Morgan fingerprint density at radius 3 is 2.20 bits per heavy atom. The molecule has 2 nitrogen and oxygen atoms in total. The van der Waals surface area contributed by atoms with Crippen LogP contribution in [0.3, 0.4) is 0 Å². The van der Waals surface area contributed by atoms with Crippen molar-refractivity contribution in [3.05, 3.63) is 25.3 Å². The Bertz CT molecular complexity index is 96.7. The highest BCUT2D eigenvalue weighted by atomic mass is 16.1. The van der Waals surface area contributed by atoms with Gasteiger partial charge in [0.2, 0.25) is 0 Å². The summed E-state index contributed by atoms with van der Waals surface area (Å²) in [5.41, 5.74) is 0. The fourth-order valence-electron chi connectivity index (χ4n) is 0.700. The smallest absolute Gasteiger partial charge is 0.309 e. The zero-order chi connectivity index (χ0) is 7.82. The minimum Gasteiger partial charge on any atom is -0.344 e. The lowest BCUT2D eigenvalue weighted by molar-refractivity contribution is 0.517. The van der Waals surface area contributed by atoms with E-state index in [0.717, 1.165) is 12.8 Å². The molecule has 0 aromatic heterocycles. The molecule has 1 N–H and O–H groups in total. The van der Waals surface area contributed by atoms with Crippen LogP contribution in [0.2, 0.25) is 0 Å². The summed E-state index contributed by atoms with van der Waals surface area (Å²) in [4.78, 5) is 9.86. The molecule has 0 unspecified atom stereocenters. The Balaban J connectivity index is 3.58. The van der Waals surface area contributed by atoms with E-state index in [2.05, 4.69) is 18.5 Å². The lowest BCUT2D eigenvalue weighted by Gasteiger charge is -2.08. The van der Waals surface area contributed by atoms with Gasteiger partial charge in [-0.05, 0) is 12.8 Å². The van der Waals surface area contributed by atoms with Crippen LogP contribution in [0.25, 0.3) is 0 Å². The largest absolute Gasteiger partial charge is 0.344 e. The summed E-state index contributed by atoms with van der Waals surface area (Å²) in [6.45, 7) is 7.12. The molecule has 0 aromatic rings. The van der Waals surface area contributed by atoms with Crippen LogP contribution in [-0.4, -0.2) is 12.5 Å². The molecule has 0 rings (SSSR count). The van der Waals surface area contributed by atoms with E-state index in [1.807, 2.05) is 0 Å². The van der Waals surface area contributed by atoms with Crippen LogP contribution in [0, 0.1) is 0 Å². The summed E-state index contributed by atoms with van der Waals surface area (Å²) in [5, 5.41) is 2.54. The number of amides is 1. The molecule has 0 saturated heterocycles. The molecular formula is C8H12NO. The Labute approximate surface area is 61.6 Å². The molecule has 1 amide bonds. The van der Waals surface area contributed by atoms with Gasteiger partial charge in [0.05, 0.1) is 0 Å². The average molecular weight is 138 g/mol. The van der Waals surface area contributed by atoms with Crippen molar-refractivity contribution in [1.82, 2.24) is 5.32 Å². The van der Waals surface area contributed by atoms with Gasteiger partial charge in [-0.2, -0.15) is 0 Å². The van der Waals surface area contributed by atoms with Gasteiger partial charge in [0, 0.05) is 6.04 Å². The van der Waals surface area contributed by atoms with Crippen molar-refractivity contribution in [3.8, 4) is 0 Å². The summed E-state index contributed by atoms with van der Waals surface area (Å²) in [5.74, 6) is 0. The second-order valence-electron chi connectivity index (χ2n) is 1.99. The predicted molar refractivity (Wildman–Crippen MR) is 42.2 cm³/mol. The Kier molecular flexibility index (Phi) is 5.44. The third-order valence-corrected chi connectivity index (χ3v) is 1.17. The topological polar surface area (TPSA) is 29.1 Å². The predicted octanol–water partition coefficient (Wildman–Crippen LogP) is 1.16. The average Bonchev–Trinajstić information content (AvgIpc) is 1.90. The summed E-state index contributed by atoms with van der Waals surface area (Å²) in [7, 11) is 0. The molecule has 0 spiro atoms. The highest BCUT2D eigenvalue weighted by molar-refractivity contribution is 5.47. The van der Waals surface area contributed by atoms with Crippen LogP contribution in [0.1, 0.15) is 12.8 Å². The lowest BCUT2D eigenvalue weighted by atomic mass is 10.1. The van der Waals surface area contributed by atoms with Crippen LogP contribution in [0.4, 0.5) is 0 Å². The maximum atomic E-state index is 9.86. The quantitative estimate of drug-likeness (QED) is 0.433. The van der Waals surface area contributed by atoms with E-state index < -0.39 is 0 Å². The van der Waals surface area contributed by atoms with Crippen molar-refractivity contribution in [2.75, 3.05) is 0 Å². The second kappa shape index (κ2) is 6.08. The van der Waals surface area contributed by atoms with Crippen molar-refractivity contribution in [3.63, 3.8) is 0 Å². The molecule has 0 fully saturated rings. The molecule has 0 aromatic carbocycles. The fourth-order valence-corrected chi connectivity index (χ4v) is 0.700. The number of rotatable bonds is 6. The maximum absolute atomic E-state index is 9.86. The van der Waals surface area contributed by atoms with Gasteiger partial charge in [-0.15, -0.1) is 13.2 Å². The van der Waals surface area contributed by atoms with E-state index in [0.29, 0.717) is 0 Å². The second-order valence-corrected chi connectivity index (χ2v) is 1.99. The molecule has 0 saturated carbocycles. The van der Waals surface area contributed by atoms with Gasteiger partial charge in [-0.1, -0.05) is 12.2 Å². The van der Waals surface area contributed by atoms with Gasteiger partial charge in [-0.3, -0.25) is 4.79 Å². The van der Waals surface area contributed by atoms with Crippen LogP contribution in [-0.2, 0) is 4.79 Å². The van der Waals surface area contributed by atoms with Crippen molar-refractivity contribution in [2.24, 2.45) is 0 Å². The van der Waals surface area contributed by atoms with E-state index in [1.54, 1.807) is 18.6 Å². The van der Waals surface area contributed by atoms with Crippen molar-refractivity contribution in [2.45, 2.75) is 18.9 Å². The molecule has 0 heterocycles. The first-order valence-electron chi connectivity index (χ1n) is 3.19. The molecule has 0 aliphatic heterocycles. The Hall–Kier alpha value is -1.05. The van der Waals surface area contributed by atoms with Gasteiger partial charge >= 0.3 is 6.41 Å². The van der Waals surface area contributed by atoms with Crippen LogP contribution in [0.5, 0.6) is 0 Å². The van der Waals surface area contributed by atoms with E-state index in [-0.39, 0.29) is 6.04 Å². The van der Waals surface area contributed by atoms with Crippen LogP contribution in [0.15, 0.2) is 25.3 Å². The van der Waals surface area contributed by atoms with Gasteiger partial charge in [0.15, 0.2) is 0 Å². The first-order chi connectivity index (χ1) is 4.85. The van der Waals surface area contributed by atoms with Crippen molar-refractivity contribution < 1.29 is 4.79 Å². The minimum atomic E-state index is 0.118. The molecule has 1 radical (unpaired) electrons. The summed E-state index contributed by atoms with van der Waals surface area (Å²) in [6.07, 6.45) is 6.70. The Morgan fingerprint density at radius 2 is 1.90 bits per heavy atom. The molecule has 55 valence electrons. The zero-order valence-corrected chi connectivity index (χ0v) is 5.97. The van der Waals surface area contributed by atoms with Gasteiger partial charge in [0.25, 0.3) is 0 Å². The first-order valence-corrected chi connectivity index (χ1v) is 3.19. The van der Waals surface area contributed by atoms with Crippen LogP contribution < -0.4 is 5.32 Å². The fraction of sp³-hybridized carbons (Fsp3) is 0.375. The van der Waals surface area contributed by atoms with E-state index in [1.165, 1.54) is 0 Å². The summed E-state index contributed by atoms with van der Waals surface area (Å²) in [6, 6.07) is 0.118. The molecule has 0 bridgehead atoms. The monoisotopic (exact) mass is 138 g/mol. The normalized spacial score (nSPS) is 8.90. The molecule has 10 heavy (non-hydrogen) atoms.